The van der Waals surface area contributed by atoms with E-state index in [-0.39, 0.29) is 33.1 Å². The number of ether oxygens (including phenoxy) is 1. The van der Waals surface area contributed by atoms with Gasteiger partial charge in [0, 0.05) is 23.3 Å². The molecule has 0 N–H and O–H groups in total. The van der Waals surface area contributed by atoms with Crippen molar-refractivity contribution in [2.24, 2.45) is 28.6 Å². The number of thioether (sulfide) groups is 2. The van der Waals surface area contributed by atoms with Gasteiger partial charge in [0.15, 0.2) is 5.78 Å². The molecule has 1 heterocycles. The fraction of sp³-hybridized carbons (Fsp3) is 0.778. The smallest absolute Gasteiger partial charge is 0.320 e. The van der Waals surface area contributed by atoms with Crippen LogP contribution in [0.2, 0.25) is 0 Å². The highest BCUT2D eigenvalue weighted by Gasteiger charge is 2.73. The number of Topliss-reactive ketones (excluding diaryl/α,β-unsaturated/α-hetero) is 1. The fourth-order valence-corrected chi connectivity index (χ4v) is 8.88. The summed E-state index contributed by atoms with van der Waals surface area (Å²) in [6, 6.07) is 0. The standard InChI is InChI=1S/C18H24O3S2/c1-10-7-12-11-8-13(16(11,2)3)14(19)17(12,15(20)21-4)9-18(10)22-5-6-23-18/h7,11-13H,5-6,8-9H2,1-4H3/t11-,12+,13+,17-/m1/s1. The van der Waals surface area contributed by atoms with Crippen LogP contribution < -0.4 is 0 Å². The normalized spacial score (nSPS) is 42.7. The van der Waals surface area contributed by atoms with E-state index in [4.69, 9.17) is 4.74 Å². The Morgan fingerprint density at radius 3 is 2.52 bits per heavy atom. The Hall–Kier alpha value is -0.420. The summed E-state index contributed by atoms with van der Waals surface area (Å²) in [4.78, 5) is 26.3. The second kappa shape index (κ2) is 4.81. The lowest BCUT2D eigenvalue weighted by atomic mass is 9.37. The zero-order chi connectivity index (χ0) is 16.6. The molecule has 0 aromatic carbocycles. The Labute approximate surface area is 146 Å². The first-order chi connectivity index (χ1) is 10.8. The summed E-state index contributed by atoms with van der Waals surface area (Å²) < 4.78 is 5.08. The van der Waals surface area contributed by atoms with E-state index >= 15 is 0 Å². The average Bonchev–Trinajstić information content (AvgIpc) is 2.97. The van der Waals surface area contributed by atoms with E-state index in [2.05, 4.69) is 26.8 Å². The van der Waals surface area contributed by atoms with Gasteiger partial charge in [-0.25, -0.2) is 0 Å². The molecule has 126 valence electrons. The highest BCUT2D eigenvalue weighted by molar-refractivity contribution is 8.21. The van der Waals surface area contributed by atoms with Crippen molar-refractivity contribution in [3.8, 4) is 0 Å². The predicted molar refractivity (Wildman–Crippen MR) is 94.3 cm³/mol. The van der Waals surface area contributed by atoms with Crippen LogP contribution in [0, 0.1) is 28.6 Å². The molecule has 0 unspecified atom stereocenters. The molecule has 0 radical (unpaired) electrons. The molecule has 0 amide bonds. The van der Waals surface area contributed by atoms with Gasteiger partial charge in [-0.05, 0) is 31.1 Å². The molecule has 5 aliphatic rings. The number of esters is 1. The Morgan fingerprint density at radius 1 is 1.30 bits per heavy atom. The van der Waals surface area contributed by atoms with Crippen molar-refractivity contribution < 1.29 is 14.3 Å². The zero-order valence-electron chi connectivity index (χ0n) is 14.2. The molecular formula is C18H24O3S2. The predicted octanol–water partition coefficient (Wildman–Crippen LogP) is 3.53. The van der Waals surface area contributed by atoms with Crippen LogP contribution in [0.15, 0.2) is 11.6 Å². The van der Waals surface area contributed by atoms with E-state index in [1.807, 2.05) is 23.5 Å². The molecule has 4 fully saturated rings. The highest BCUT2D eigenvalue weighted by Crippen LogP contribution is 2.71. The number of carbonyl (C=O) groups is 2. The minimum Gasteiger partial charge on any atom is -0.468 e. The molecule has 5 rings (SSSR count). The van der Waals surface area contributed by atoms with E-state index in [1.165, 1.54) is 12.7 Å². The first kappa shape index (κ1) is 16.1. The van der Waals surface area contributed by atoms with Gasteiger partial charge in [0.25, 0.3) is 0 Å². The number of methoxy groups -OCH3 is 1. The Kier molecular flexibility index (Phi) is 3.36. The molecule has 5 heteroatoms. The van der Waals surface area contributed by atoms with Gasteiger partial charge >= 0.3 is 5.97 Å². The van der Waals surface area contributed by atoms with E-state index in [0.717, 1.165) is 17.9 Å². The summed E-state index contributed by atoms with van der Waals surface area (Å²) in [5.41, 5.74) is 0.418. The number of hydrogen-bond acceptors (Lipinski definition) is 5. The van der Waals surface area contributed by atoms with Crippen LogP contribution in [0.5, 0.6) is 0 Å². The maximum Gasteiger partial charge on any atom is 0.320 e. The molecule has 0 aromatic rings. The van der Waals surface area contributed by atoms with Crippen molar-refractivity contribution in [2.75, 3.05) is 18.6 Å². The summed E-state index contributed by atoms with van der Waals surface area (Å²) in [6.45, 7) is 6.57. The third-order valence-electron chi connectivity index (χ3n) is 6.95. The lowest BCUT2D eigenvalue weighted by Gasteiger charge is -2.65. The summed E-state index contributed by atoms with van der Waals surface area (Å²) in [5.74, 6) is 2.47. The summed E-state index contributed by atoms with van der Waals surface area (Å²) in [6.07, 6.45) is 3.83. The molecule has 0 aromatic heterocycles. The number of rotatable bonds is 1. The monoisotopic (exact) mass is 352 g/mol. The Morgan fingerprint density at radius 2 is 1.96 bits per heavy atom. The Bertz CT molecular complexity index is 618. The zero-order valence-corrected chi connectivity index (χ0v) is 15.8. The molecule has 4 atom stereocenters. The largest absolute Gasteiger partial charge is 0.468 e. The van der Waals surface area contributed by atoms with E-state index in [0.29, 0.717) is 12.3 Å². The first-order valence-corrected chi connectivity index (χ1v) is 10.4. The SMILES string of the molecule is COC(=O)[C@]12CC3(SCCS3)C(C)=C[C@H]1[C@H]1C[C@@H](C2=O)C1(C)C. The Balaban J connectivity index is 1.88. The van der Waals surface area contributed by atoms with Crippen LogP contribution in [0.1, 0.15) is 33.6 Å². The van der Waals surface area contributed by atoms with Crippen LogP contribution in [0.25, 0.3) is 0 Å². The lowest BCUT2D eigenvalue weighted by molar-refractivity contribution is -0.195. The van der Waals surface area contributed by atoms with Gasteiger partial charge in [-0.15, -0.1) is 23.5 Å². The number of carbonyl (C=O) groups excluding carboxylic acids is 2. The van der Waals surface area contributed by atoms with Crippen LogP contribution >= 0.6 is 23.5 Å². The van der Waals surface area contributed by atoms with Gasteiger partial charge in [-0.2, -0.15) is 0 Å². The first-order valence-electron chi connectivity index (χ1n) is 8.39. The molecule has 3 nitrogen and oxygen atoms in total. The van der Waals surface area contributed by atoms with E-state index in [1.54, 1.807) is 0 Å². The van der Waals surface area contributed by atoms with Crippen molar-refractivity contribution in [3.63, 3.8) is 0 Å². The van der Waals surface area contributed by atoms with Gasteiger partial charge in [-0.1, -0.05) is 25.5 Å². The van der Waals surface area contributed by atoms with Crippen molar-refractivity contribution in [2.45, 2.75) is 37.7 Å². The second-order valence-corrected chi connectivity index (χ2v) is 11.1. The van der Waals surface area contributed by atoms with Gasteiger partial charge in [-0.3, -0.25) is 9.59 Å². The second-order valence-electron chi connectivity index (χ2n) is 8.05. The third kappa shape index (κ3) is 1.76. The quantitative estimate of drug-likeness (QED) is 0.410. The number of allylic oxidation sites excluding steroid dienone is 1. The molecule has 1 saturated heterocycles. The lowest BCUT2D eigenvalue weighted by Crippen LogP contribution is -2.69. The molecular weight excluding hydrogens is 328 g/mol. The minimum atomic E-state index is -0.943. The molecule has 1 aliphatic heterocycles. The summed E-state index contributed by atoms with van der Waals surface area (Å²) in [7, 11) is 1.43. The van der Waals surface area contributed by atoms with Crippen molar-refractivity contribution in [1.82, 2.24) is 0 Å². The van der Waals surface area contributed by atoms with Crippen molar-refractivity contribution in [3.05, 3.63) is 11.6 Å². The maximum atomic E-state index is 13.4. The third-order valence-corrected chi connectivity index (χ3v) is 10.6. The summed E-state index contributed by atoms with van der Waals surface area (Å²) in [5, 5.41) is 0. The van der Waals surface area contributed by atoms with Gasteiger partial charge in [0.2, 0.25) is 0 Å². The van der Waals surface area contributed by atoms with Gasteiger partial charge in [0.05, 0.1) is 11.2 Å². The van der Waals surface area contributed by atoms with Crippen LogP contribution in [-0.2, 0) is 14.3 Å². The number of hydrogen-bond donors (Lipinski definition) is 0. The summed E-state index contributed by atoms with van der Waals surface area (Å²) >= 11 is 3.82. The van der Waals surface area contributed by atoms with E-state index < -0.39 is 5.41 Å². The molecule has 3 saturated carbocycles. The highest BCUT2D eigenvalue weighted by atomic mass is 32.2. The molecule has 4 aliphatic carbocycles. The minimum absolute atomic E-state index is 0.00914. The number of ketones is 1. The van der Waals surface area contributed by atoms with Gasteiger partial charge < -0.3 is 4.74 Å². The van der Waals surface area contributed by atoms with Crippen LogP contribution in [0.3, 0.4) is 0 Å². The van der Waals surface area contributed by atoms with E-state index in [9.17, 15) is 9.59 Å². The topological polar surface area (TPSA) is 43.4 Å². The van der Waals surface area contributed by atoms with Gasteiger partial charge in [0.1, 0.15) is 5.41 Å². The fourth-order valence-electron chi connectivity index (χ4n) is 5.47. The van der Waals surface area contributed by atoms with Crippen LogP contribution in [0.4, 0.5) is 0 Å². The average molecular weight is 353 g/mol. The van der Waals surface area contributed by atoms with Crippen LogP contribution in [-0.4, -0.2) is 34.4 Å². The van der Waals surface area contributed by atoms with Crippen molar-refractivity contribution in [1.29, 1.82) is 0 Å². The maximum absolute atomic E-state index is 13.4. The van der Waals surface area contributed by atoms with Crippen molar-refractivity contribution >= 4 is 35.3 Å². The molecule has 2 bridgehead atoms. The molecule has 1 spiro atoms. The molecule has 23 heavy (non-hydrogen) atoms.